The van der Waals surface area contributed by atoms with Crippen LogP contribution in [0, 0.1) is 23.3 Å². The number of thiocarbonyl (C=S) groups is 1. The number of halogens is 5. The third-order valence-corrected chi connectivity index (χ3v) is 2.87. The predicted octanol–water partition coefficient (Wildman–Crippen LogP) is 4.71. The lowest BCUT2D eigenvalue weighted by molar-refractivity contribution is 0.459. The Kier molecular flexibility index (Phi) is 4.64. The molecule has 0 unspecified atom stereocenters. The van der Waals surface area contributed by atoms with Crippen LogP contribution < -0.4 is 10.6 Å². The van der Waals surface area contributed by atoms with E-state index < -0.39 is 29.0 Å². The lowest BCUT2D eigenvalue weighted by Crippen LogP contribution is -2.21. The van der Waals surface area contributed by atoms with Crippen LogP contribution in [0.4, 0.5) is 28.9 Å². The summed E-state index contributed by atoms with van der Waals surface area (Å²) in [5.74, 6) is -6.18. The molecule has 2 aromatic rings. The maximum atomic E-state index is 13.5. The van der Waals surface area contributed by atoms with Crippen LogP contribution in [0.5, 0.6) is 0 Å². The fourth-order valence-corrected chi connectivity index (χ4v) is 1.94. The van der Waals surface area contributed by atoms with Crippen LogP contribution in [-0.2, 0) is 0 Å². The first kappa shape index (κ1) is 15.5. The molecule has 0 aliphatic heterocycles. The zero-order valence-electron chi connectivity index (χ0n) is 10.2. The van der Waals surface area contributed by atoms with Gasteiger partial charge in [-0.3, -0.25) is 0 Å². The highest BCUT2D eigenvalue weighted by Gasteiger charge is 2.19. The van der Waals surface area contributed by atoms with Gasteiger partial charge in [0.05, 0.1) is 0 Å². The highest BCUT2D eigenvalue weighted by Crippen LogP contribution is 2.24. The molecule has 0 heterocycles. The lowest BCUT2D eigenvalue weighted by atomic mass is 10.2. The molecule has 2 N–H and O–H groups in total. The van der Waals surface area contributed by atoms with Gasteiger partial charge in [-0.25, -0.2) is 17.6 Å². The van der Waals surface area contributed by atoms with E-state index >= 15 is 0 Å². The van der Waals surface area contributed by atoms with Crippen molar-refractivity contribution in [2.45, 2.75) is 0 Å². The average Bonchev–Trinajstić information content (AvgIpc) is 2.41. The summed E-state index contributed by atoms with van der Waals surface area (Å²) >= 11 is 10.6. The number of nitrogens with one attached hydrogen (secondary N) is 2. The second-order valence-electron chi connectivity index (χ2n) is 3.93. The molecular formula is C13H7ClF4N2S. The first-order chi connectivity index (χ1) is 9.88. The van der Waals surface area contributed by atoms with Crippen LogP contribution in [0.15, 0.2) is 30.3 Å². The van der Waals surface area contributed by atoms with E-state index in [1.165, 1.54) is 6.07 Å². The van der Waals surface area contributed by atoms with Crippen molar-refractivity contribution >= 4 is 40.3 Å². The Bertz CT molecular complexity index is 683. The molecule has 21 heavy (non-hydrogen) atoms. The van der Waals surface area contributed by atoms with Crippen LogP contribution in [0.2, 0.25) is 5.02 Å². The van der Waals surface area contributed by atoms with Crippen molar-refractivity contribution in [3.8, 4) is 0 Å². The third-order valence-electron chi connectivity index (χ3n) is 2.43. The molecule has 2 rings (SSSR count). The molecule has 0 atom stereocenters. The summed E-state index contributed by atoms with van der Waals surface area (Å²) in [5, 5.41) is 4.82. The number of anilines is 2. The first-order valence-corrected chi connectivity index (χ1v) is 6.33. The molecule has 0 bridgehead atoms. The van der Waals surface area contributed by atoms with Crippen LogP contribution in [0.1, 0.15) is 0 Å². The van der Waals surface area contributed by atoms with Gasteiger partial charge in [0.15, 0.2) is 28.4 Å². The van der Waals surface area contributed by atoms with E-state index in [1.54, 1.807) is 18.2 Å². The molecule has 2 nitrogen and oxygen atoms in total. The fourth-order valence-electron chi connectivity index (χ4n) is 1.53. The molecule has 0 radical (unpaired) electrons. The van der Waals surface area contributed by atoms with Gasteiger partial charge in [-0.1, -0.05) is 17.7 Å². The van der Waals surface area contributed by atoms with Gasteiger partial charge in [0.25, 0.3) is 0 Å². The van der Waals surface area contributed by atoms with Crippen molar-refractivity contribution in [1.82, 2.24) is 0 Å². The Balaban J connectivity index is 2.21. The first-order valence-electron chi connectivity index (χ1n) is 5.55. The maximum Gasteiger partial charge on any atom is 0.185 e. The van der Waals surface area contributed by atoms with Gasteiger partial charge >= 0.3 is 0 Å². The predicted molar refractivity (Wildman–Crippen MR) is 77.6 cm³/mol. The Morgan fingerprint density at radius 2 is 1.57 bits per heavy atom. The van der Waals surface area contributed by atoms with E-state index in [9.17, 15) is 17.6 Å². The van der Waals surface area contributed by atoms with Crippen LogP contribution in [0.3, 0.4) is 0 Å². The molecule has 0 aromatic heterocycles. The Morgan fingerprint density at radius 1 is 0.952 bits per heavy atom. The largest absolute Gasteiger partial charge is 0.332 e. The summed E-state index contributed by atoms with van der Waals surface area (Å²) in [7, 11) is 0. The topological polar surface area (TPSA) is 24.1 Å². The Hall–Kier alpha value is -1.86. The van der Waals surface area contributed by atoms with Gasteiger partial charge in [-0.2, -0.15) is 0 Å². The SMILES string of the molecule is Fc1cc(F)c(F)c(NC(=S)Nc2cccc(Cl)c2)c1F. The van der Waals surface area contributed by atoms with Crippen molar-refractivity contribution in [1.29, 1.82) is 0 Å². The molecule has 0 fully saturated rings. The molecule has 0 saturated heterocycles. The number of hydrogen-bond donors (Lipinski definition) is 2. The second kappa shape index (κ2) is 6.28. The highest BCUT2D eigenvalue weighted by atomic mass is 35.5. The summed E-state index contributed by atoms with van der Waals surface area (Å²) in [6, 6.07) is 6.46. The molecule has 110 valence electrons. The monoisotopic (exact) mass is 334 g/mol. The Labute approximate surface area is 127 Å². The zero-order chi connectivity index (χ0) is 15.6. The molecule has 0 saturated carbocycles. The number of hydrogen-bond acceptors (Lipinski definition) is 1. The second-order valence-corrected chi connectivity index (χ2v) is 4.78. The van der Waals surface area contributed by atoms with Crippen LogP contribution in [0.25, 0.3) is 0 Å². The molecule has 0 amide bonds. The van der Waals surface area contributed by atoms with E-state index in [1.807, 2.05) is 0 Å². The summed E-state index contributed by atoms with van der Waals surface area (Å²) in [6.45, 7) is 0. The molecular weight excluding hydrogens is 328 g/mol. The molecule has 2 aromatic carbocycles. The number of benzene rings is 2. The quantitative estimate of drug-likeness (QED) is 0.473. The van der Waals surface area contributed by atoms with Gasteiger partial charge in [-0.15, -0.1) is 0 Å². The van der Waals surface area contributed by atoms with Crippen LogP contribution >= 0.6 is 23.8 Å². The van der Waals surface area contributed by atoms with Gasteiger partial charge in [0, 0.05) is 16.8 Å². The summed E-state index contributed by atoms with van der Waals surface area (Å²) in [4.78, 5) is 0. The van der Waals surface area contributed by atoms with E-state index in [0.717, 1.165) is 0 Å². The molecule has 0 spiro atoms. The molecule has 0 aliphatic rings. The van der Waals surface area contributed by atoms with E-state index in [4.69, 9.17) is 23.8 Å². The minimum atomic E-state index is -1.57. The zero-order valence-corrected chi connectivity index (χ0v) is 11.8. The van der Waals surface area contributed by atoms with Gasteiger partial charge in [-0.05, 0) is 30.4 Å². The van der Waals surface area contributed by atoms with Gasteiger partial charge in [0.1, 0.15) is 5.69 Å². The van der Waals surface area contributed by atoms with E-state index in [-0.39, 0.29) is 11.2 Å². The van der Waals surface area contributed by atoms with Crippen molar-refractivity contribution < 1.29 is 17.6 Å². The van der Waals surface area contributed by atoms with Crippen LogP contribution in [-0.4, -0.2) is 5.11 Å². The van der Waals surface area contributed by atoms with Gasteiger partial charge < -0.3 is 10.6 Å². The molecule has 0 aliphatic carbocycles. The smallest absolute Gasteiger partial charge is 0.185 e. The van der Waals surface area contributed by atoms with Crippen molar-refractivity contribution in [2.24, 2.45) is 0 Å². The normalized spacial score (nSPS) is 10.3. The van der Waals surface area contributed by atoms with E-state index in [2.05, 4.69) is 10.6 Å². The van der Waals surface area contributed by atoms with Crippen molar-refractivity contribution in [3.63, 3.8) is 0 Å². The standard InChI is InChI=1S/C13H7ClF4N2S/c14-6-2-1-3-7(4-6)19-13(21)20-12-10(17)8(15)5-9(16)11(12)18/h1-5H,(H2,19,20,21). The van der Waals surface area contributed by atoms with Crippen molar-refractivity contribution in [2.75, 3.05) is 10.6 Å². The van der Waals surface area contributed by atoms with Crippen molar-refractivity contribution in [3.05, 3.63) is 58.6 Å². The minimum Gasteiger partial charge on any atom is -0.332 e. The Morgan fingerprint density at radius 3 is 2.14 bits per heavy atom. The molecule has 8 heteroatoms. The number of rotatable bonds is 2. The lowest BCUT2D eigenvalue weighted by Gasteiger charge is -2.12. The minimum absolute atomic E-state index is 0.114. The van der Waals surface area contributed by atoms with E-state index in [0.29, 0.717) is 10.7 Å². The summed E-state index contributed by atoms with van der Waals surface area (Å²) in [6.07, 6.45) is 0. The summed E-state index contributed by atoms with van der Waals surface area (Å²) < 4.78 is 53.0. The third kappa shape index (κ3) is 3.62. The highest BCUT2D eigenvalue weighted by molar-refractivity contribution is 7.80. The summed E-state index contributed by atoms with van der Waals surface area (Å²) in [5.41, 5.74) is -0.565. The maximum absolute atomic E-state index is 13.5. The fraction of sp³-hybridized carbons (Fsp3) is 0. The van der Waals surface area contributed by atoms with Gasteiger partial charge in [0.2, 0.25) is 0 Å². The average molecular weight is 335 g/mol.